The molecule has 0 rings (SSSR count). The maximum absolute atomic E-state index is 11.4. The number of ether oxygens (including phenoxy) is 1. The predicted molar refractivity (Wildman–Crippen MR) is 59.6 cm³/mol. The Balaban J connectivity index is 4.32. The molecule has 0 bridgehead atoms. The highest BCUT2D eigenvalue weighted by molar-refractivity contribution is 5.76. The van der Waals surface area contributed by atoms with E-state index in [1.54, 1.807) is 6.92 Å². The number of nitrogens with one attached hydrogen (secondary N) is 1. The van der Waals surface area contributed by atoms with Gasteiger partial charge in [0.1, 0.15) is 0 Å². The minimum atomic E-state index is -0.582. The van der Waals surface area contributed by atoms with Crippen molar-refractivity contribution in [2.45, 2.75) is 46.3 Å². The van der Waals surface area contributed by atoms with Gasteiger partial charge in [-0.1, -0.05) is 0 Å². The topological polar surface area (TPSA) is 58.6 Å². The van der Waals surface area contributed by atoms with Crippen molar-refractivity contribution in [1.29, 1.82) is 0 Å². The van der Waals surface area contributed by atoms with Crippen LogP contribution in [0.2, 0.25) is 0 Å². The Kier molecular flexibility index (Phi) is 4.74. The third kappa shape index (κ3) is 4.18. The van der Waals surface area contributed by atoms with Crippen LogP contribution in [0.3, 0.4) is 0 Å². The first-order valence-electron chi connectivity index (χ1n) is 5.15. The van der Waals surface area contributed by atoms with Gasteiger partial charge in [0.15, 0.2) is 0 Å². The molecule has 0 aliphatic heterocycles. The maximum Gasteiger partial charge on any atom is 0.312 e. The van der Waals surface area contributed by atoms with E-state index < -0.39 is 17.1 Å². The van der Waals surface area contributed by atoms with Crippen molar-refractivity contribution in [3.8, 4) is 0 Å². The lowest BCUT2D eigenvalue weighted by Crippen LogP contribution is -2.52. The number of carbonyl (C=O) groups is 1. The van der Waals surface area contributed by atoms with E-state index >= 15 is 0 Å². The van der Waals surface area contributed by atoms with E-state index in [1.165, 1.54) is 7.11 Å². The molecule has 0 aromatic heterocycles. The van der Waals surface area contributed by atoms with Gasteiger partial charge in [-0.2, -0.15) is 0 Å². The highest BCUT2D eigenvalue weighted by Gasteiger charge is 2.32. The van der Waals surface area contributed by atoms with E-state index in [4.69, 9.17) is 4.74 Å². The summed E-state index contributed by atoms with van der Waals surface area (Å²) in [4.78, 5) is 11.4. The molecule has 2 N–H and O–H groups in total. The summed E-state index contributed by atoms with van der Waals surface area (Å²) < 4.78 is 4.70. The number of carbonyl (C=O) groups excluding carboxylic acids is 1. The van der Waals surface area contributed by atoms with Gasteiger partial charge in [-0.05, 0) is 34.6 Å². The van der Waals surface area contributed by atoms with E-state index in [1.807, 2.05) is 27.7 Å². The number of hydrogen-bond acceptors (Lipinski definition) is 4. The van der Waals surface area contributed by atoms with Gasteiger partial charge in [0.25, 0.3) is 0 Å². The summed E-state index contributed by atoms with van der Waals surface area (Å²) in [6.45, 7) is 9.60. The highest BCUT2D eigenvalue weighted by Crippen LogP contribution is 2.18. The molecular formula is C11H23NO3. The minimum Gasteiger partial charge on any atom is -0.469 e. The molecule has 90 valence electrons. The molecule has 0 heterocycles. The molecule has 0 spiro atoms. The van der Waals surface area contributed by atoms with E-state index in [9.17, 15) is 9.90 Å². The zero-order chi connectivity index (χ0) is 12.3. The van der Waals surface area contributed by atoms with E-state index in [-0.39, 0.29) is 5.97 Å². The Morgan fingerprint density at radius 1 is 1.40 bits per heavy atom. The van der Waals surface area contributed by atoms with Crippen molar-refractivity contribution in [3.05, 3.63) is 0 Å². The van der Waals surface area contributed by atoms with Gasteiger partial charge in [-0.3, -0.25) is 4.79 Å². The monoisotopic (exact) mass is 217 g/mol. The summed E-state index contributed by atoms with van der Waals surface area (Å²) in [7, 11) is 1.38. The first kappa shape index (κ1) is 14.4. The Morgan fingerprint density at radius 3 is 2.20 bits per heavy atom. The van der Waals surface area contributed by atoms with Gasteiger partial charge in [0, 0.05) is 12.1 Å². The molecule has 0 aromatic rings. The lowest BCUT2D eigenvalue weighted by Gasteiger charge is -2.33. The summed E-state index contributed by atoms with van der Waals surface area (Å²) in [6.07, 6.45) is -0.481. The fraction of sp³-hybridized carbons (Fsp3) is 0.909. The fourth-order valence-corrected chi connectivity index (χ4v) is 0.945. The third-order valence-electron chi connectivity index (χ3n) is 2.77. The SMILES string of the molecule is COC(=O)C(C)(C)CNC(C)(C)C(C)O. The van der Waals surface area contributed by atoms with Crippen LogP contribution < -0.4 is 5.32 Å². The van der Waals surface area contributed by atoms with Crippen LogP contribution in [0, 0.1) is 5.41 Å². The summed E-state index contributed by atoms with van der Waals surface area (Å²) >= 11 is 0. The third-order valence-corrected chi connectivity index (χ3v) is 2.77. The molecule has 4 heteroatoms. The van der Waals surface area contributed by atoms with Crippen LogP contribution in [0.5, 0.6) is 0 Å². The zero-order valence-corrected chi connectivity index (χ0v) is 10.5. The van der Waals surface area contributed by atoms with Crippen LogP contribution in [0.4, 0.5) is 0 Å². The quantitative estimate of drug-likeness (QED) is 0.673. The molecule has 0 aliphatic rings. The number of rotatable bonds is 5. The standard InChI is InChI=1S/C11H23NO3/c1-8(13)11(4,5)12-7-10(2,3)9(14)15-6/h8,12-13H,7H2,1-6H3. The predicted octanol–water partition coefficient (Wildman–Crippen LogP) is 0.935. The molecule has 0 radical (unpaired) electrons. The van der Waals surface area contributed by atoms with Crippen molar-refractivity contribution < 1.29 is 14.6 Å². The molecule has 0 fully saturated rings. The van der Waals surface area contributed by atoms with Crippen LogP contribution in [-0.2, 0) is 9.53 Å². The van der Waals surface area contributed by atoms with Crippen molar-refractivity contribution in [3.63, 3.8) is 0 Å². The summed E-state index contributed by atoms with van der Waals surface area (Å²) in [5.41, 5.74) is -0.994. The van der Waals surface area contributed by atoms with E-state index in [0.29, 0.717) is 6.54 Å². The number of hydrogen-bond donors (Lipinski definition) is 2. The Hall–Kier alpha value is -0.610. The van der Waals surface area contributed by atoms with Crippen LogP contribution >= 0.6 is 0 Å². The van der Waals surface area contributed by atoms with Crippen LogP contribution in [0.1, 0.15) is 34.6 Å². The van der Waals surface area contributed by atoms with Crippen molar-refractivity contribution in [1.82, 2.24) is 5.32 Å². The van der Waals surface area contributed by atoms with Gasteiger partial charge in [-0.15, -0.1) is 0 Å². The molecule has 0 aromatic carbocycles. The van der Waals surface area contributed by atoms with Gasteiger partial charge >= 0.3 is 5.97 Å². The number of aliphatic hydroxyl groups excluding tert-OH is 1. The average molecular weight is 217 g/mol. The fourth-order valence-electron chi connectivity index (χ4n) is 0.945. The van der Waals surface area contributed by atoms with Crippen molar-refractivity contribution in [2.75, 3.05) is 13.7 Å². The lowest BCUT2D eigenvalue weighted by molar-refractivity contribution is -0.150. The van der Waals surface area contributed by atoms with E-state index in [0.717, 1.165) is 0 Å². The maximum atomic E-state index is 11.4. The summed E-state index contributed by atoms with van der Waals surface area (Å²) in [5.74, 6) is -0.253. The molecule has 0 aliphatic carbocycles. The second-order valence-corrected chi connectivity index (χ2v) is 5.13. The smallest absolute Gasteiger partial charge is 0.312 e. The van der Waals surface area contributed by atoms with Gasteiger partial charge in [0.2, 0.25) is 0 Å². The molecular weight excluding hydrogens is 194 g/mol. The second-order valence-electron chi connectivity index (χ2n) is 5.13. The second kappa shape index (κ2) is 4.94. The van der Waals surface area contributed by atoms with Gasteiger partial charge in [0.05, 0.1) is 18.6 Å². The first-order chi connectivity index (χ1) is 6.63. The summed E-state index contributed by atoms with van der Waals surface area (Å²) in [5, 5.41) is 12.7. The molecule has 4 nitrogen and oxygen atoms in total. The number of methoxy groups -OCH3 is 1. The molecule has 0 saturated heterocycles. The van der Waals surface area contributed by atoms with Crippen LogP contribution in [0.15, 0.2) is 0 Å². The number of esters is 1. The Bertz CT molecular complexity index is 222. The largest absolute Gasteiger partial charge is 0.469 e. The highest BCUT2D eigenvalue weighted by atomic mass is 16.5. The molecule has 1 atom stereocenters. The minimum absolute atomic E-state index is 0.253. The number of aliphatic hydroxyl groups is 1. The van der Waals surface area contributed by atoms with E-state index in [2.05, 4.69) is 5.32 Å². The Morgan fingerprint density at radius 2 is 1.87 bits per heavy atom. The van der Waals surface area contributed by atoms with Crippen molar-refractivity contribution in [2.24, 2.45) is 5.41 Å². The first-order valence-corrected chi connectivity index (χ1v) is 5.15. The molecule has 1 unspecified atom stereocenters. The van der Waals surface area contributed by atoms with Gasteiger partial charge < -0.3 is 15.2 Å². The molecule has 0 amide bonds. The van der Waals surface area contributed by atoms with Crippen molar-refractivity contribution >= 4 is 5.97 Å². The summed E-state index contributed by atoms with van der Waals surface area (Å²) in [6, 6.07) is 0. The lowest BCUT2D eigenvalue weighted by atomic mass is 9.90. The average Bonchev–Trinajstić information content (AvgIpc) is 2.13. The van der Waals surface area contributed by atoms with Gasteiger partial charge in [-0.25, -0.2) is 0 Å². The van der Waals surface area contributed by atoms with Crippen LogP contribution in [-0.4, -0.2) is 36.4 Å². The molecule has 0 saturated carbocycles. The molecule has 15 heavy (non-hydrogen) atoms. The van der Waals surface area contributed by atoms with Crippen LogP contribution in [0.25, 0.3) is 0 Å². The Labute approximate surface area is 92.0 Å². The normalized spacial score (nSPS) is 14.9. The zero-order valence-electron chi connectivity index (χ0n) is 10.5.